The smallest absolute Gasteiger partial charge is 0.281 e. The number of rotatable bonds is 2. The molecule has 0 amide bonds. The Hall–Kier alpha value is -1.75. The number of carbonyl (C=O) groups excluding carboxylic acids is 2. The van der Waals surface area contributed by atoms with Crippen LogP contribution in [0.5, 0.6) is 0 Å². The fraction of sp³-hybridized carbons (Fsp3) is 0. The Kier molecular flexibility index (Phi) is 5.09. The van der Waals surface area contributed by atoms with Crippen molar-refractivity contribution in [3.63, 3.8) is 0 Å². The summed E-state index contributed by atoms with van der Waals surface area (Å²) in [6.45, 7) is 2.00. The van der Waals surface area contributed by atoms with Gasteiger partial charge in [-0.1, -0.05) is 12.1 Å². The molecule has 0 spiro atoms. The molecule has 0 atom stereocenters. The average Bonchev–Trinajstić information content (AvgIpc) is 2.20. The van der Waals surface area contributed by atoms with Crippen LogP contribution in [0.15, 0.2) is 24.3 Å². The van der Waals surface area contributed by atoms with Crippen LogP contribution in [0.2, 0.25) is 0 Å². The molecule has 6 heteroatoms. The molecule has 0 saturated heterocycles. The molecule has 0 bridgehead atoms. The van der Waals surface area contributed by atoms with Gasteiger partial charge in [-0.15, -0.1) is 0 Å². The van der Waals surface area contributed by atoms with Crippen LogP contribution in [0.25, 0.3) is 0 Å². The number of halogens is 1. The van der Waals surface area contributed by atoms with Crippen molar-refractivity contribution >= 4 is 29.3 Å². The Bertz CT molecular complexity index is 320. The fourth-order valence-corrected chi connectivity index (χ4v) is 0.959. The molecule has 0 aliphatic rings. The Morgan fingerprint density at radius 2 is 1.86 bits per heavy atom. The van der Waals surface area contributed by atoms with E-state index in [1.54, 1.807) is 0 Å². The lowest BCUT2D eigenvalue weighted by molar-refractivity contribution is -0.385. The first-order valence-electron chi connectivity index (χ1n) is 3.35. The van der Waals surface area contributed by atoms with E-state index in [0.717, 1.165) is 0 Å². The summed E-state index contributed by atoms with van der Waals surface area (Å²) < 4.78 is 0. The van der Waals surface area contributed by atoms with E-state index in [1.165, 1.54) is 24.3 Å². The van der Waals surface area contributed by atoms with E-state index in [0.29, 0.717) is 0 Å². The zero-order valence-electron chi connectivity index (χ0n) is 6.97. The number of carbonyl (C=O) groups is 2. The molecule has 0 heterocycles. The first-order chi connectivity index (χ1) is 6.63. The van der Waals surface area contributed by atoms with Crippen LogP contribution in [-0.2, 0) is 4.79 Å². The van der Waals surface area contributed by atoms with Crippen LogP contribution >= 0.6 is 11.6 Å². The third kappa shape index (κ3) is 2.95. The van der Waals surface area contributed by atoms with Gasteiger partial charge in [0.2, 0.25) is 0 Å². The van der Waals surface area contributed by atoms with Gasteiger partial charge in [0.1, 0.15) is 12.4 Å². The number of nitro groups is 1. The van der Waals surface area contributed by atoms with Crippen molar-refractivity contribution in [3.8, 4) is 0 Å². The van der Waals surface area contributed by atoms with Crippen molar-refractivity contribution in [2.75, 3.05) is 0 Å². The molecule has 0 N–H and O–H groups in total. The molecule has 1 rings (SSSR count). The van der Waals surface area contributed by atoms with E-state index >= 15 is 0 Å². The molecule has 0 radical (unpaired) electrons. The highest BCUT2D eigenvalue weighted by Gasteiger charge is 2.16. The predicted molar refractivity (Wildman–Crippen MR) is 50.4 cm³/mol. The van der Waals surface area contributed by atoms with Crippen molar-refractivity contribution in [1.82, 2.24) is 0 Å². The first-order valence-corrected chi connectivity index (χ1v) is 3.73. The highest BCUT2D eigenvalue weighted by atomic mass is 35.5. The third-order valence-corrected chi connectivity index (χ3v) is 1.52. The van der Waals surface area contributed by atoms with E-state index in [-0.39, 0.29) is 11.3 Å². The van der Waals surface area contributed by atoms with E-state index in [4.69, 9.17) is 16.4 Å². The number of nitro benzene ring substituents is 1. The second kappa shape index (κ2) is 5.82. The maximum absolute atomic E-state index is 10.6. The van der Waals surface area contributed by atoms with Crippen LogP contribution in [0.3, 0.4) is 0 Å². The molecule has 0 unspecified atom stereocenters. The summed E-state index contributed by atoms with van der Waals surface area (Å²) in [5.41, 5.74) is -0.346. The van der Waals surface area contributed by atoms with Crippen molar-refractivity contribution < 1.29 is 14.5 Å². The topological polar surface area (TPSA) is 77.3 Å². The standard InChI is InChI=1S/C7H4ClNO3.CH2O/c8-7(10)5-3-1-2-4-6(5)9(11)12;1-2/h1-4H;1H2. The second-order valence-electron chi connectivity index (χ2n) is 2.05. The van der Waals surface area contributed by atoms with Gasteiger partial charge < -0.3 is 4.79 Å². The van der Waals surface area contributed by atoms with Crippen molar-refractivity contribution in [1.29, 1.82) is 0 Å². The van der Waals surface area contributed by atoms with Crippen molar-refractivity contribution in [3.05, 3.63) is 39.9 Å². The molecular weight excluding hydrogens is 210 g/mol. The van der Waals surface area contributed by atoms with Gasteiger partial charge in [0, 0.05) is 6.07 Å². The van der Waals surface area contributed by atoms with Crippen LogP contribution in [-0.4, -0.2) is 17.0 Å². The lowest BCUT2D eigenvalue weighted by atomic mass is 10.2. The third-order valence-electron chi connectivity index (χ3n) is 1.31. The minimum Gasteiger partial charge on any atom is -0.307 e. The van der Waals surface area contributed by atoms with E-state index in [1.807, 2.05) is 6.79 Å². The predicted octanol–water partition coefficient (Wildman–Crippen LogP) is 1.79. The molecule has 74 valence electrons. The van der Waals surface area contributed by atoms with E-state index < -0.39 is 10.2 Å². The zero-order chi connectivity index (χ0) is 11.1. The highest BCUT2D eigenvalue weighted by Crippen LogP contribution is 2.18. The lowest BCUT2D eigenvalue weighted by Gasteiger charge is -1.94. The monoisotopic (exact) mass is 215 g/mol. The van der Waals surface area contributed by atoms with Gasteiger partial charge in [0.05, 0.1) is 4.92 Å². The quantitative estimate of drug-likeness (QED) is 0.428. The second-order valence-corrected chi connectivity index (χ2v) is 2.39. The first kappa shape index (κ1) is 12.2. The summed E-state index contributed by atoms with van der Waals surface area (Å²) in [5, 5.41) is 9.50. The average molecular weight is 216 g/mol. The number of hydrogen-bond acceptors (Lipinski definition) is 4. The maximum Gasteiger partial charge on any atom is 0.281 e. The minimum atomic E-state index is -0.817. The molecule has 0 saturated carbocycles. The molecule has 1 aromatic carbocycles. The molecule has 0 aliphatic carbocycles. The summed E-state index contributed by atoms with van der Waals surface area (Å²) >= 11 is 5.11. The summed E-state index contributed by atoms with van der Waals surface area (Å²) in [5.74, 6) is 0. The van der Waals surface area contributed by atoms with Crippen molar-refractivity contribution in [2.45, 2.75) is 0 Å². The van der Waals surface area contributed by atoms with E-state index in [2.05, 4.69) is 0 Å². The maximum atomic E-state index is 10.6. The van der Waals surface area contributed by atoms with Gasteiger partial charge in [-0.25, -0.2) is 0 Å². The zero-order valence-corrected chi connectivity index (χ0v) is 7.73. The van der Waals surface area contributed by atoms with Crippen molar-refractivity contribution in [2.24, 2.45) is 0 Å². The summed E-state index contributed by atoms with van der Waals surface area (Å²) in [6, 6.07) is 5.53. The molecule has 0 fully saturated rings. The summed E-state index contributed by atoms with van der Waals surface area (Å²) in [7, 11) is 0. The Morgan fingerprint density at radius 3 is 2.21 bits per heavy atom. The fourth-order valence-electron chi connectivity index (χ4n) is 0.799. The largest absolute Gasteiger partial charge is 0.307 e. The van der Waals surface area contributed by atoms with E-state index in [9.17, 15) is 14.9 Å². The molecule has 0 aliphatic heterocycles. The number of para-hydroxylation sites is 1. The molecule has 0 aromatic heterocycles. The number of benzene rings is 1. The Labute approximate surface area is 84.4 Å². The summed E-state index contributed by atoms with van der Waals surface area (Å²) in [6.07, 6.45) is 0. The van der Waals surface area contributed by atoms with Gasteiger partial charge in [-0.3, -0.25) is 14.9 Å². The normalized spacial score (nSPS) is 8.36. The Balaban J connectivity index is 0.000000791. The van der Waals surface area contributed by atoms with Gasteiger partial charge in [-0.05, 0) is 17.7 Å². The van der Waals surface area contributed by atoms with Gasteiger partial charge in [-0.2, -0.15) is 0 Å². The van der Waals surface area contributed by atoms with Gasteiger partial charge in [0.25, 0.3) is 10.9 Å². The van der Waals surface area contributed by atoms with Crippen LogP contribution in [0.4, 0.5) is 5.69 Å². The van der Waals surface area contributed by atoms with Gasteiger partial charge >= 0.3 is 0 Å². The van der Waals surface area contributed by atoms with Crippen LogP contribution in [0.1, 0.15) is 10.4 Å². The van der Waals surface area contributed by atoms with Crippen LogP contribution < -0.4 is 0 Å². The minimum absolute atomic E-state index is 0.0795. The molecular formula is C8H6ClNO4. The van der Waals surface area contributed by atoms with Gasteiger partial charge in [0.15, 0.2) is 0 Å². The molecule has 14 heavy (non-hydrogen) atoms. The lowest BCUT2D eigenvalue weighted by Crippen LogP contribution is -1.97. The van der Waals surface area contributed by atoms with Crippen LogP contribution in [0, 0.1) is 10.1 Å². The molecule has 5 nitrogen and oxygen atoms in total. The number of nitrogens with zero attached hydrogens (tertiary/aromatic N) is 1. The highest BCUT2D eigenvalue weighted by molar-refractivity contribution is 6.68. The summed E-state index contributed by atoms with van der Waals surface area (Å²) in [4.78, 5) is 28.3. The Morgan fingerprint density at radius 1 is 1.36 bits per heavy atom. The molecule has 1 aromatic rings. The number of hydrogen-bond donors (Lipinski definition) is 0. The SMILES string of the molecule is C=O.O=C(Cl)c1ccccc1[N+](=O)[O-].